The van der Waals surface area contributed by atoms with E-state index in [9.17, 15) is 4.79 Å². The monoisotopic (exact) mass is 326 g/mol. The van der Waals surface area contributed by atoms with Gasteiger partial charge in [0.1, 0.15) is 5.75 Å². The topological polar surface area (TPSA) is 55.6 Å². The first-order valence-electron chi connectivity index (χ1n) is 7.63. The van der Waals surface area contributed by atoms with Gasteiger partial charge in [-0.1, -0.05) is 39.0 Å². The average Bonchev–Trinajstić information content (AvgIpc) is 2.44. The number of benzene rings is 1. The van der Waals surface area contributed by atoms with Crippen LogP contribution in [0.4, 0.5) is 0 Å². The number of halogens is 1. The summed E-state index contributed by atoms with van der Waals surface area (Å²) in [5.41, 5.74) is 7.03. The van der Waals surface area contributed by atoms with E-state index in [-0.39, 0.29) is 36.4 Å². The Kier molecular flexibility index (Phi) is 6.69. The summed E-state index contributed by atoms with van der Waals surface area (Å²) < 4.78 is 5.78. The summed E-state index contributed by atoms with van der Waals surface area (Å²) in [5, 5.41) is 0. The van der Waals surface area contributed by atoms with Crippen molar-refractivity contribution in [2.45, 2.75) is 45.1 Å². The molecule has 1 unspecified atom stereocenters. The Morgan fingerprint density at radius 3 is 2.68 bits per heavy atom. The SMILES string of the molecule is CC(C)(C)c1ccccc1OCC(=O)N1CCCC(N)C1.Cl. The van der Waals surface area contributed by atoms with Gasteiger partial charge in [0.05, 0.1) is 0 Å². The second-order valence-electron chi connectivity index (χ2n) is 6.78. The minimum Gasteiger partial charge on any atom is -0.483 e. The predicted octanol–water partition coefficient (Wildman–Crippen LogP) is 2.73. The number of carbonyl (C=O) groups excluding carboxylic acids is 1. The van der Waals surface area contributed by atoms with Crippen molar-refractivity contribution >= 4 is 18.3 Å². The number of nitrogens with two attached hydrogens (primary N) is 1. The van der Waals surface area contributed by atoms with Gasteiger partial charge in [0, 0.05) is 19.1 Å². The number of nitrogens with zero attached hydrogens (tertiary/aromatic N) is 1. The van der Waals surface area contributed by atoms with Gasteiger partial charge in [-0.2, -0.15) is 0 Å². The fraction of sp³-hybridized carbons (Fsp3) is 0.588. The fourth-order valence-electron chi connectivity index (χ4n) is 2.68. The third kappa shape index (κ3) is 4.89. The Labute approximate surface area is 139 Å². The second kappa shape index (κ2) is 7.84. The van der Waals surface area contributed by atoms with Crippen LogP contribution in [0.3, 0.4) is 0 Å². The third-order valence-electron chi connectivity index (χ3n) is 3.86. The Bertz CT molecular complexity index is 500. The molecule has 2 rings (SSSR count). The van der Waals surface area contributed by atoms with E-state index >= 15 is 0 Å². The van der Waals surface area contributed by atoms with E-state index in [2.05, 4.69) is 26.8 Å². The number of carbonyl (C=O) groups is 1. The maximum Gasteiger partial charge on any atom is 0.260 e. The summed E-state index contributed by atoms with van der Waals surface area (Å²) >= 11 is 0. The van der Waals surface area contributed by atoms with Crippen molar-refractivity contribution in [2.75, 3.05) is 19.7 Å². The van der Waals surface area contributed by atoms with Crippen molar-refractivity contribution in [1.82, 2.24) is 4.90 Å². The molecule has 5 heteroatoms. The van der Waals surface area contributed by atoms with Gasteiger partial charge in [-0.25, -0.2) is 0 Å². The van der Waals surface area contributed by atoms with Crippen LogP contribution in [0.15, 0.2) is 24.3 Å². The molecule has 1 aromatic rings. The van der Waals surface area contributed by atoms with E-state index in [1.54, 1.807) is 0 Å². The number of para-hydroxylation sites is 1. The van der Waals surface area contributed by atoms with E-state index in [1.165, 1.54) is 0 Å². The van der Waals surface area contributed by atoms with Crippen molar-refractivity contribution < 1.29 is 9.53 Å². The van der Waals surface area contributed by atoms with E-state index in [1.807, 2.05) is 23.1 Å². The van der Waals surface area contributed by atoms with Gasteiger partial charge in [-0.3, -0.25) is 4.79 Å². The van der Waals surface area contributed by atoms with Gasteiger partial charge in [0.25, 0.3) is 5.91 Å². The lowest BCUT2D eigenvalue weighted by molar-refractivity contribution is -0.134. The molecule has 2 N–H and O–H groups in total. The molecule has 0 radical (unpaired) electrons. The highest BCUT2D eigenvalue weighted by molar-refractivity contribution is 5.85. The number of hydrogen-bond acceptors (Lipinski definition) is 3. The molecule has 0 aromatic heterocycles. The van der Waals surface area contributed by atoms with E-state index in [0.29, 0.717) is 6.54 Å². The number of hydrogen-bond donors (Lipinski definition) is 1. The van der Waals surface area contributed by atoms with Crippen LogP contribution in [0.5, 0.6) is 5.75 Å². The van der Waals surface area contributed by atoms with Crippen molar-refractivity contribution in [3.8, 4) is 5.75 Å². The highest BCUT2D eigenvalue weighted by Crippen LogP contribution is 2.30. The van der Waals surface area contributed by atoms with Crippen molar-refractivity contribution in [1.29, 1.82) is 0 Å². The Morgan fingerprint density at radius 2 is 2.05 bits per heavy atom. The third-order valence-corrected chi connectivity index (χ3v) is 3.86. The van der Waals surface area contributed by atoms with Gasteiger partial charge in [-0.15, -0.1) is 12.4 Å². The fourth-order valence-corrected chi connectivity index (χ4v) is 2.68. The number of ether oxygens (including phenoxy) is 1. The van der Waals surface area contributed by atoms with Gasteiger partial charge >= 0.3 is 0 Å². The van der Waals surface area contributed by atoms with E-state index < -0.39 is 0 Å². The minimum atomic E-state index is -0.00683. The first-order chi connectivity index (χ1) is 9.88. The zero-order valence-corrected chi connectivity index (χ0v) is 14.5. The van der Waals surface area contributed by atoms with Gasteiger partial charge < -0.3 is 15.4 Å². The summed E-state index contributed by atoms with van der Waals surface area (Å²) in [5.74, 6) is 0.813. The molecule has 1 amide bonds. The molecule has 0 saturated carbocycles. The number of amides is 1. The number of likely N-dealkylation sites (tertiary alicyclic amines) is 1. The van der Waals surface area contributed by atoms with Crippen LogP contribution < -0.4 is 10.5 Å². The van der Waals surface area contributed by atoms with Crippen LogP contribution in [0.2, 0.25) is 0 Å². The Morgan fingerprint density at radius 1 is 1.36 bits per heavy atom. The molecule has 1 aromatic carbocycles. The summed E-state index contributed by atoms with van der Waals surface area (Å²) in [7, 11) is 0. The van der Waals surface area contributed by atoms with Crippen LogP contribution in [0.1, 0.15) is 39.2 Å². The zero-order chi connectivity index (χ0) is 15.5. The first-order valence-corrected chi connectivity index (χ1v) is 7.63. The lowest BCUT2D eigenvalue weighted by Gasteiger charge is -2.31. The highest BCUT2D eigenvalue weighted by Gasteiger charge is 2.23. The summed E-state index contributed by atoms with van der Waals surface area (Å²) in [6, 6.07) is 8.02. The molecule has 1 fully saturated rings. The smallest absolute Gasteiger partial charge is 0.260 e. The molecule has 22 heavy (non-hydrogen) atoms. The maximum atomic E-state index is 12.2. The Hall–Kier alpha value is -1.26. The number of piperidine rings is 1. The molecule has 1 saturated heterocycles. The van der Waals surface area contributed by atoms with Crippen LogP contribution in [0, 0.1) is 0 Å². The summed E-state index contributed by atoms with van der Waals surface area (Å²) in [6.45, 7) is 7.93. The summed E-state index contributed by atoms with van der Waals surface area (Å²) in [6.07, 6.45) is 1.98. The molecule has 1 atom stereocenters. The maximum absolute atomic E-state index is 12.2. The van der Waals surface area contributed by atoms with Crippen LogP contribution in [-0.4, -0.2) is 36.5 Å². The highest BCUT2D eigenvalue weighted by atomic mass is 35.5. The van der Waals surface area contributed by atoms with Crippen molar-refractivity contribution in [3.63, 3.8) is 0 Å². The Balaban J connectivity index is 0.00000242. The van der Waals surface area contributed by atoms with Crippen molar-refractivity contribution in [3.05, 3.63) is 29.8 Å². The largest absolute Gasteiger partial charge is 0.483 e. The van der Waals surface area contributed by atoms with Crippen LogP contribution >= 0.6 is 12.4 Å². The molecule has 0 bridgehead atoms. The van der Waals surface area contributed by atoms with Crippen molar-refractivity contribution in [2.24, 2.45) is 5.73 Å². The predicted molar refractivity (Wildman–Crippen MR) is 91.7 cm³/mol. The van der Waals surface area contributed by atoms with Gasteiger partial charge in [0.15, 0.2) is 6.61 Å². The van der Waals surface area contributed by atoms with Crippen LogP contribution in [0.25, 0.3) is 0 Å². The normalized spacial score (nSPS) is 18.5. The standard InChI is InChI=1S/C17H26N2O2.ClH/c1-17(2,3)14-8-4-5-9-15(14)21-12-16(20)19-10-6-7-13(18)11-19;/h4-5,8-9,13H,6-7,10-12,18H2,1-3H3;1H. The molecule has 0 aliphatic carbocycles. The lowest BCUT2D eigenvalue weighted by Crippen LogP contribution is -2.47. The van der Waals surface area contributed by atoms with Crippen LogP contribution in [-0.2, 0) is 10.2 Å². The average molecular weight is 327 g/mol. The molecular weight excluding hydrogens is 300 g/mol. The van der Waals surface area contributed by atoms with Gasteiger partial charge in [0.2, 0.25) is 0 Å². The van der Waals surface area contributed by atoms with E-state index in [4.69, 9.17) is 10.5 Å². The minimum absolute atomic E-state index is 0. The molecule has 124 valence electrons. The molecule has 1 aliphatic rings. The zero-order valence-electron chi connectivity index (χ0n) is 13.7. The molecule has 4 nitrogen and oxygen atoms in total. The first kappa shape index (κ1) is 18.8. The quantitative estimate of drug-likeness (QED) is 0.929. The molecule has 1 aliphatic heterocycles. The number of rotatable bonds is 3. The second-order valence-corrected chi connectivity index (χ2v) is 6.78. The molecule has 1 heterocycles. The lowest BCUT2D eigenvalue weighted by atomic mass is 9.86. The van der Waals surface area contributed by atoms with E-state index in [0.717, 1.165) is 30.7 Å². The van der Waals surface area contributed by atoms with Gasteiger partial charge in [-0.05, 0) is 29.9 Å². The summed E-state index contributed by atoms with van der Waals surface area (Å²) in [4.78, 5) is 14.0. The molecular formula is C17H27ClN2O2. The molecule has 0 spiro atoms.